The quantitative estimate of drug-likeness (QED) is 0.453. The Balaban J connectivity index is 1.33. The first-order chi connectivity index (χ1) is 14.3. The first-order valence-electron chi connectivity index (χ1n) is 9.70. The Hall–Kier alpha value is -2.87. The first kappa shape index (κ1) is 18.2. The lowest BCUT2D eigenvalue weighted by atomic mass is 10.1. The van der Waals surface area contributed by atoms with E-state index in [1.807, 2.05) is 18.2 Å². The number of pyridine rings is 1. The van der Waals surface area contributed by atoms with E-state index < -0.39 is 0 Å². The van der Waals surface area contributed by atoms with E-state index in [1.165, 1.54) is 11.8 Å². The molecule has 0 atom stereocenters. The van der Waals surface area contributed by atoms with Crippen molar-refractivity contribution < 1.29 is 14.3 Å². The van der Waals surface area contributed by atoms with Crippen LogP contribution in [0, 0.1) is 0 Å². The molecule has 3 aromatic rings. The SMILES string of the molecule is O=C(CSc1nnc(-c2cccnc2)n1C1CC1)c1ccc2c(c1)OCCCO2. The van der Waals surface area contributed by atoms with Crippen LogP contribution in [-0.4, -0.2) is 44.5 Å². The van der Waals surface area contributed by atoms with E-state index in [1.54, 1.807) is 24.5 Å². The highest BCUT2D eigenvalue weighted by Gasteiger charge is 2.30. The van der Waals surface area contributed by atoms with Crippen LogP contribution in [0.25, 0.3) is 11.4 Å². The summed E-state index contributed by atoms with van der Waals surface area (Å²) >= 11 is 1.42. The van der Waals surface area contributed by atoms with Crippen LogP contribution in [0.15, 0.2) is 47.9 Å². The zero-order valence-electron chi connectivity index (χ0n) is 15.8. The average Bonchev–Trinajstić information content (AvgIpc) is 3.55. The van der Waals surface area contributed by atoms with Gasteiger partial charge in [-0.05, 0) is 43.2 Å². The van der Waals surface area contributed by atoms with E-state index in [4.69, 9.17) is 9.47 Å². The molecule has 0 saturated heterocycles. The number of thioether (sulfide) groups is 1. The summed E-state index contributed by atoms with van der Waals surface area (Å²) in [5, 5.41) is 9.50. The second-order valence-electron chi connectivity index (χ2n) is 7.07. The molecule has 1 aromatic carbocycles. The number of fused-ring (bicyclic) bond motifs is 1. The van der Waals surface area contributed by atoms with Gasteiger partial charge in [-0.25, -0.2) is 0 Å². The van der Waals surface area contributed by atoms with Gasteiger partial charge in [0.05, 0.1) is 19.0 Å². The Bertz CT molecular complexity index is 1030. The summed E-state index contributed by atoms with van der Waals surface area (Å²) in [5.74, 6) is 2.46. The van der Waals surface area contributed by atoms with Gasteiger partial charge in [0.2, 0.25) is 0 Å². The van der Waals surface area contributed by atoms with Crippen LogP contribution in [0.3, 0.4) is 0 Å². The second-order valence-corrected chi connectivity index (χ2v) is 8.02. The minimum atomic E-state index is 0.0268. The lowest BCUT2D eigenvalue weighted by Gasteiger charge is -2.10. The summed E-state index contributed by atoms with van der Waals surface area (Å²) in [7, 11) is 0. The summed E-state index contributed by atoms with van der Waals surface area (Å²) < 4.78 is 13.5. The van der Waals surface area contributed by atoms with Crippen molar-refractivity contribution in [3.8, 4) is 22.9 Å². The number of rotatable bonds is 6. The summed E-state index contributed by atoms with van der Waals surface area (Å²) in [6.07, 6.45) is 6.58. The van der Waals surface area contributed by atoms with Crippen LogP contribution in [-0.2, 0) is 0 Å². The Morgan fingerprint density at radius 3 is 2.79 bits per heavy atom. The highest BCUT2D eigenvalue weighted by molar-refractivity contribution is 7.99. The molecule has 5 rings (SSSR count). The maximum atomic E-state index is 12.8. The van der Waals surface area contributed by atoms with Crippen LogP contribution < -0.4 is 9.47 Å². The third-order valence-corrected chi connectivity index (χ3v) is 5.84. The van der Waals surface area contributed by atoms with Gasteiger partial charge in [-0.3, -0.25) is 14.3 Å². The lowest BCUT2D eigenvalue weighted by molar-refractivity contribution is 0.102. The van der Waals surface area contributed by atoms with Crippen molar-refractivity contribution in [2.24, 2.45) is 0 Å². The fourth-order valence-corrected chi connectivity index (χ4v) is 4.18. The molecule has 148 valence electrons. The highest BCUT2D eigenvalue weighted by Crippen LogP contribution is 2.41. The van der Waals surface area contributed by atoms with Crippen molar-refractivity contribution >= 4 is 17.5 Å². The van der Waals surface area contributed by atoms with Crippen LogP contribution in [0.4, 0.5) is 0 Å². The van der Waals surface area contributed by atoms with Gasteiger partial charge in [0, 0.05) is 36.0 Å². The van der Waals surface area contributed by atoms with Crippen molar-refractivity contribution in [3.63, 3.8) is 0 Å². The predicted octanol–water partition coefficient (Wildman–Crippen LogP) is 3.81. The number of carbonyl (C=O) groups is 1. The molecule has 0 bridgehead atoms. The monoisotopic (exact) mass is 408 g/mol. The van der Waals surface area contributed by atoms with E-state index in [0.29, 0.717) is 36.3 Å². The third kappa shape index (κ3) is 3.85. The van der Waals surface area contributed by atoms with Crippen molar-refractivity contribution in [1.29, 1.82) is 0 Å². The molecular weight excluding hydrogens is 388 g/mol. The Labute approximate surface area is 172 Å². The average molecular weight is 408 g/mol. The molecule has 0 N–H and O–H groups in total. The number of Topliss-reactive ketones (excluding diaryl/α,β-unsaturated/α-hetero) is 1. The zero-order valence-corrected chi connectivity index (χ0v) is 16.6. The van der Waals surface area contributed by atoms with Crippen LogP contribution >= 0.6 is 11.8 Å². The van der Waals surface area contributed by atoms with Crippen LogP contribution in [0.5, 0.6) is 11.5 Å². The molecule has 3 heterocycles. The van der Waals surface area contributed by atoms with Crippen molar-refractivity contribution in [2.45, 2.75) is 30.5 Å². The van der Waals surface area contributed by atoms with Gasteiger partial charge in [-0.2, -0.15) is 0 Å². The number of carbonyl (C=O) groups excluding carboxylic acids is 1. The molecule has 1 aliphatic carbocycles. The number of hydrogen-bond acceptors (Lipinski definition) is 7. The maximum Gasteiger partial charge on any atom is 0.192 e. The number of hydrogen-bond donors (Lipinski definition) is 0. The number of ketones is 1. The van der Waals surface area contributed by atoms with Gasteiger partial charge >= 0.3 is 0 Å². The number of aromatic nitrogens is 4. The van der Waals surface area contributed by atoms with Gasteiger partial charge < -0.3 is 9.47 Å². The van der Waals surface area contributed by atoms with Gasteiger partial charge in [0.25, 0.3) is 0 Å². The number of nitrogens with zero attached hydrogens (tertiary/aromatic N) is 4. The topological polar surface area (TPSA) is 79.1 Å². The van der Waals surface area contributed by atoms with Gasteiger partial charge in [-0.1, -0.05) is 11.8 Å². The molecule has 29 heavy (non-hydrogen) atoms. The molecule has 1 fully saturated rings. The highest BCUT2D eigenvalue weighted by atomic mass is 32.2. The largest absolute Gasteiger partial charge is 0.490 e. The zero-order chi connectivity index (χ0) is 19.6. The summed E-state index contributed by atoms with van der Waals surface area (Å²) in [6.45, 7) is 1.23. The fourth-order valence-electron chi connectivity index (χ4n) is 3.28. The molecule has 0 unspecified atom stereocenters. The normalized spacial score (nSPS) is 15.7. The van der Waals surface area contributed by atoms with Crippen LogP contribution in [0.2, 0.25) is 0 Å². The van der Waals surface area contributed by atoms with Crippen molar-refractivity contribution in [2.75, 3.05) is 19.0 Å². The maximum absolute atomic E-state index is 12.8. The minimum Gasteiger partial charge on any atom is -0.490 e. The summed E-state index contributed by atoms with van der Waals surface area (Å²) in [5.41, 5.74) is 1.56. The molecular formula is C21H20N4O3S. The molecule has 1 saturated carbocycles. The van der Waals surface area contributed by atoms with Gasteiger partial charge in [-0.15, -0.1) is 10.2 Å². The molecule has 0 spiro atoms. The summed E-state index contributed by atoms with van der Waals surface area (Å²) in [4.78, 5) is 17.0. The first-order valence-corrected chi connectivity index (χ1v) is 10.7. The number of benzene rings is 1. The van der Waals surface area contributed by atoms with Gasteiger partial charge in [0.15, 0.2) is 28.3 Å². The molecule has 1 aliphatic heterocycles. The number of ether oxygens (including phenoxy) is 2. The van der Waals surface area contributed by atoms with E-state index in [2.05, 4.69) is 19.7 Å². The molecule has 0 radical (unpaired) electrons. The third-order valence-electron chi connectivity index (χ3n) is 4.90. The van der Waals surface area contributed by atoms with Gasteiger partial charge in [0.1, 0.15) is 0 Å². The Kier molecular flexibility index (Phi) is 4.93. The molecule has 2 aromatic heterocycles. The molecule has 7 nitrogen and oxygen atoms in total. The van der Waals surface area contributed by atoms with E-state index in [9.17, 15) is 4.79 Å². The summed E-state index contributed by atoms with van der Waals surface area (Å²) in [6, 6.07) is 9.65. The molecule has 8 heteroatoms. The Morgan fingerprint density at radius 2 is 2.00 bits per heavy atom. The predicted molar refractivity (Wildman–Crippen MR) is 109 cm³/mol. The lowest BCUT2D eigenvalue weighted by Crippen LogP contribution is -2.06. The van der Waals surface area contributed by atoms with E-state index in [-0.39, 0.29) is 11.5 Å². The fraction of sp³-hybridized carbons (Fsp3) is 0.333. The standard InChI is InChI=1S/C21H20N4O3S/c26-17(14-4-7-18-19(11-14)28-10-2-9-27-18)13-29-21-24-23-20(25(21)16-5-6-16)15-3-1-8-22-12-15/h1,3-4,7-8,11-12,16H,2,5-6,9-10,13H2. The van der Waals surface area contributed by atoms with Crippen LogP contribution in [0.1, 0.15) is 35.7 Å². The van der Waals surface area contributed by atoms with Crippen molar-refractivity contribution in [1.82, 2.24) is 19.7 Å². The van der Waals surface area contributed by atoms with Crippen molar-refractivity contribution in [3.05, 3.63) is 48.3 Å². The molecule has 2 aliphatic rings. The van der Waals surface area contributed by atoms with E-state index in [0.717, 1.165) is 35.8 Å². The Morgan fingerprint density at radius 1 is 1.14 bits per heavy atom. The minimum absolute atomic E-state index is 0.0268. The van der Waals surface area contributed by atoms with E-state index >= 15 is 0 Å². The molecule has 0 amide bonds. The second kappa shape index (κ2) is 7.87. The smallest absolute Gasteiger partial charge is 0.192 e.